The van der Waals surface area contributed by atoms with Crippen LogP contribution in [0.15, 0.2) is 78.9 Å². The third-order valence-electron chi connectivity index (χ3n) is 4.92. The number of hydrogen-bond donors (Lipinski definition) is 2. The summed E-state index contributed by atoms with van der Waals surface area (Å²) in [5, 5.41) is 0. The molecule has 0 amide bonds. The Bertz CT molecular complexity index is 990. The Labute approximate surface area is 193 Å². The molecule has 0 unspecified atom stereocenters. The van der Waals surface area contributed by atoms with E-state index in [0.29, 0.717) is 0 Å². The molecule has 6 heteroatoms. The Morgan fingerprint density at radius 1 is 0.733 bits per heavy atom. The van der Waals surface area contributed by atoms with E-state index in [4.69, 9.17) is 5.73 Å². The van der Waals surface area contributed by atoms with Gasteiger partial charge in [0.05, 0.1) is 18.3 Å². The van der Waals surface area contributed by atoms with Crippen molar-refractivity contribution in [3.05, 3.63) is 107 Å². The van der Waals surface area contributed by atoms with Gasteiger partial charge >= 0.3 is 0 Å². The van der Waals surface area contributed by atoms with Gasteiger partial charge in [-0.3, -0.25) is 0 Å². The zero-order chi connectivity index (χ0) is 21.4. The van der Waals surface area contributed by atoms with Crippen LogP contribution in [0.5, 0.6) is 0 Å². The summed E-state index contributed by atoms with van der Waals surface area (Å²) in [4.78, 5) is 0. The predicted octanol–water partition coefficient (Wildman–Crippen LogP) is 4.59. The smallest absolute Gasteiger partial charge is 0.209 e. The molecular formula is C24H30N2O2RuS. The monoisotopic (exact) mass is 512 g/mol. The maximum Gasteiger partial charge on any atom is 0.209 e. The predicted molar refractivity (Wildman–Crippen MR) is 121 cm³/mol. The van der Waals surface area contributed by atoms with Crippen LogP contribution < -0.4 is 10.5 Å². The van der Waals surface area contributed by atoms with E-state index in [-0.39, 0.29) is 19.5 Å². The van der Waals surface area contributed by atoms with Crippen LogP contribution in [-0.4, -0.2) is 14.7 Å². The van der Waals surface area contributed by atoms with Crippen molar-refractivity contribution in [2.24, 2.45) is 5.73 Å². The van der Waals surface area contributed by atoms with Gasteiger partial charge in [0.2, 0.25) is 10.0 Å². The molecule has 4 nitrogen and oxygen atoms in total. The molecule has 0 saturated carbocycles. The number of aryl methyl sites for hydroxylation is 2. The number of hydrogen-bond acceptors (Lipinski definition) is 3. The Hall–Kier alpha value is -1.85. The number of sulfonamides is 1. The van der Waals surface area contributed by atoms with Crippen molar-refractivity contribution in [3.8, 4) is 0 Å². The van der Waals surface area contributed by atoms with E-state index in [0.717, 1.165) is 17.4 Å². The van der Waals surface area contributed by atoms with Crippen LogP contribution in [0, 0.1) is 20.8 Å². The fourth-order valence-corrected chi connectivity index (χ4v) is 3.75. The summed E-state index contributed by atoms with van der Waals surface area (Å²) in [7, 11) is -3.35. The summed E-state index contributed by atoms with van der Waals surface area (Å²) in [5.74, 6) is 0. The molecule has 0 fully saturated rings. The molecule has 0 aromatic heterocycles. The summed E-state index contributed by atoms with van der Waals surface area (Å²) in [5.41, 5.74) is 12.2. The number of benzene rings is 3. The van der Waals surface area contributed by atoms with Crippen molar-refractivity contribution in [3.63, 3.8) is 0 Å². The molecule has 0 radical (unpaired) electrons. The van der Waals surface area contributed by atoms with Gasteiger partial charge < -0.3 is 5.73 Å². The first kappa shape index (κ1) is 26.2. The fraction of sp³-hybridized carbons (Fsp3) is 0.250. The van der Waals surface area contributed by atoms with E-state index >= 15 is 0 Å². The van der Waals surface area contributed by atoms with E-state index in [1.54, 1.807) is 0 Å². The fourth-order valence-electron chi connectivity index (χ4n) is 3.01. The summed E-state index contributed by atoms with van der Waals surface area (Å²) in [6.45, 7) is 6.44. The first-order valence-electron chi connectivity index (χ1n) is 9.54. The quantitative estimate of drug-likeness (QED) is 0.493. The van der Waals surface area contributed by atoms with Gasteiger partial charge in [0.25, 0.3) is 0 Å². The van der Waals surface area contributed by atoms with Crippen LogP contribution in [0.4, 0.5) is 0 Å². The second-order valence-corrected chi connectivity index (χ2v) is 9.01. The van der Waals surface area contributed by atoms with E-state index in [1.807, 2.05) is 60.7 Å². The van der Waals surface area contributed by atoms with Gasteiger partial charge in [-0.05, 0) is 48.6 Å². The Morgan fingerprint density at radius 2 is 1.17 bits per heavy atom. The SMILES string of the molecule is CS(=O)(=O)N[C@H](c1ccccc1)[C@H](N)c1ccccc1.Cc1cccc(C)c1C.[Ru]. The molecule has 0 spiro atoms. The van der Waals surface area contributed by atoms with Crippen LogP contribution in [-0.2, 0) is 29.5 Å². The molecule has 0 aliphatic carbocycles. The summed E-state index contributed by atoms with van der Waals surface area (Å²) >= 11 is 0. The van der Waals surface area contributed by atoms with Crippen molar-refractivity contribution >= 4 is 10.0 Å². The van der Waals surface area contributed by atoms with Gasteiger partial charge in [0, 0.05) is 19.5 Å². The molecule has 0 heterocycles. The zero-order valence-electron chi connectivity index (χ0n) is 17.8. The normalized spacial score (nSPS) is 12.7. The standard InChI is InChI=1S/C15H18N2O2S.C9H12.Ru/c1-20(18,19)17-15(13-10-6-3-7-11-13)14(16)12-8-4-2-5-9-12;1-7-5-4-6-8(2)9(7)3;/h2-11,14-15,17H,16H2,1H3;4-6H,1-3H3;/t14-,15-;;/m1../s1. The number of nitrogens with one attached hydrogen (secondary N) is 1. The first-order chi connectivity index (χ1) is 13.7. The van der Waals surface area contributed by atoms with Crippen LogP contribution in [0.2, 0.25) is 0 Å². The van der Waals surface area contributed by atoms with E-state index in [9.17, 15) is 8.42 Å². The van der Waals surface area contributed by atoms with E-state index in [2.05, 4.69) is 43.7 Å². The molecule has 3 N–H and O–H groups in total. The number of rotatable bonds is 5. The van der Waals surface area contributed by atoms with Gasteiger partial charge in [0.15, 0.2) is 0 Å². The molecule has 0 bridgehead atoms. The molecule has 3 rings (SSSR count). The third kappa shape index (κ3) is 8.12. The van der Waals surface area contributed by atoms with Crippen molar-refractivity contribution in [1.29, 1.82) is 0 Å². The molecule has 0 aliphatic rings. The van der Waals surface area contributed by atoms with Crippen LogP contribution in [0.25, 0.3) is 0 Å². The largest absolute Gasteiger partial charge is 0.322 e. The summed E-state index contributed by atoms with van der Waals surface area (Å²) in [6, 6.07) is 24.2. The molecule has 2 atom stereocenters. The number of nitrogens with two attached hydrogens (primary N) is 1. The van der Waals surface area contributed by atoms with Gasteiger partial charge in [-0.15, -0.1) is 0 Å². The molecule has 0 aliphatic heterocycles. The second-order valence-electron chi connectivity index (χ2n) is 7.23. The van der Waals surface area contributed by atoms with Gasteiger partial charge in [-0.25, -0.2) is 13.1 Å². The Kier molecular flexibility index (Phi) is 10.6. The average molecular weight is 512 g/mol. The molecule has 30 heavy (non-hydrogen) atoms. The second kappa shape index (κ2) is 12.1. The van der Waals surface area contributed by atoms with Crippen molar-refractivity contribution in [2.45, 2.75) is 32.9 Å². The van der Waals surface area contributed by atoms with Gasteiger partial charge in [-0.1, -0.05) is 78.9 Å². The van der Waals surface area contributed by atoms with E-state index in [1.165, 1.54) is 16.7 Å². The topological polar surface area (TPSA) is 72.2 Å². The molecule has 162 valence electrons. The Morgan fingerprint density at radius 3 is 1.57 bits per heavy atom. The zero-order valence-corrected chi connectivity index (χ0v) is 20.4. The van der Waals surface area contributed by atoms with Crippen molar-refractivity contribution in [2.75, 3.05) is 6.26 Å². The van der Waals surface area contributed by atoms with E-state index < -0.39 is 22.1 Å². The molecular weight excluding hydrogens is 481 g/mol. The molecule has 0 saturated heterocycles. The van der Waals surface area contributed by atoms with Crippen molar-refractivity contribution in [1.82, 2.24) is 4.72 Å². The van der Waals surface area contributed by atoms with Crippen LogP contribution >= 0.6 is 0 Å². The minimum absolute atomic E-state index is 0. The van der Waals surface area contributed by atoms with Gasteiger partial charge in [-0.2, -0.15) is 0 Å². The van der Waals surface area contributed by atoms with Gasteiger partial charge in [0.1, 0.15) is 0 Å². The van der Waals surface area contributed by atoms with Crippen LogP contribution in [0.3, 0.4) is 0 Å². The average Bonchev–Trinajstić information content (AvgIpc) is 2.71. The van der Waals surface area contributed by atoms with Crippen molar-refractivity contribution < 1.29 is 27.9 Å². The maximum atomic E-state index is 11.6. The summed E-state index contributed by atoms with van der Waals surface area (Å²) in [6.07, 6.45) is 1.14. The molecule has 3 aromatic rings. The first-order valence-corrected chi connectivity index (χ1v) is 11.4. The van der Waals surface area contributed by atoms with Crippen LogP contribution in [0.1, 0.15) is 39.9 Å². The maximum absolute atomic E-state index is 11.6. The third-order valence-corrected chi connectivity index (χ3v) is 5.60. The minimum Gasteiger partial charge on any atom is -0.322 e. The molecule has 3 aromatic carbocycles. The summed E-state index contributed by atoms with van der Waals surface area (Å²) < 4.78 is 25.8. The minimum atomic E-state index is -3.35. The Balaban J connectivity index is 0.000000379.